The molecule has 0 amide bonds. The molecule has 4 rings (SSSR count). The largest absolute Gasteiger partial charge is 0.508 e. The van der Waals surface area contributed by atoms with Gasteiger partial charge >= 0.3 is 0 Å². The molecule has 3 aromatic carbocycles. The number of benzene rings is 3. The molecule has 3 aromatic rings. The Morgan fingerprint density at radius 2 is 1.62 bits per heavy atom. The molecule has 0 radical (unpaired) electrons. The quantitative estimate of drug-likeness (QED) is 0.619. The van der Waals surface area contributed by atoms with E-state index in [4.69, 9.17) is 4.74 Å². The van der Waals surface area contributed by atoms with Crippen LogP contribution in [0.4, 0.5) is 4.39 Å². The zero-order valence-electron chi connectivity index (χ0n) is 16.4. The predicted octanol–water partition coefficient (Wildman–Crippen LogP) is 5.04. The number of halogens is 1. The average Bonchev–Trinajstić information content (AvgIpc) is 2.75. The Morgan fingerprint density at radius 3 is 2.34 bits per heavy atom. The Bertz CT molecular complexity index is 935. The zero-order valence-corrected chi connectivity index (χ0v) is 16.4. The van der Waals surface area contributed by atoms with E-state index < -0.39 is 0 Å². The van der Waals surface area contributed by atoms with Gasteiger partial charge in [-0.05, 0) is 78.5 Å². The highest BCUT2D eigenvalue weighted by atomic mass is 19.1. The van der Waals surface area contributed by atoms with E-state index in [0.717, 1.165) is 42.6 Å². The van der Waals surface area contributed by atoms with Gasteiger partial charge < -0.3 is 15.2 Å². The number of ether oxygens (including phenoxy) is 1. The van der Waals surface area contributed by atoms with Crippen molar-refractivity contribution < 1.29 is 14.2 Å². The molecule has 0 bridgehead atoms. The summed E-state index contributed by atoms with van der Waals surface area (Å²) >= 11 is 0. The van der Waals surface area contributed by atoms with E-state index in [2.05, 4.69) is 29.6 Å². The summed E-state index contributed by atoms with van der Waals surface area (Å²) in [7, 11) is 0. The van der Waals surface area contributed by atoms with Gasteiger partial charge in [0.15, 0.2) is 0 Å². The van der Waals surface area contributed by atoms with Gasteiger partial charge in [-0.25, -0.2) is 4.39 Å². The van der Waals surface area contributed by atoms with Gasteiger partial charge in [0.2, 0.25) is 0 Å². The van der Waals surface area contributed by atoms with Crippen molar-refractivity contribution in [3.63, 3.8) is 0 Å². The normalized spacial score (nSPS) is 15.9. The van der Waals surface area contributed by atoms with Gasteiger partial charge in [-0.15, -0.1) is 0 Å². The monoisotopic (exact) mass is 391 g/mol. The number of phenols is 1. The van der Waals surface area contributed by atoms with Crippen LogP contribution < -0.4 is 5.32 Å². The molecule has 1 aliphatic rings. The lowest BCUT2D eigenvalue weighted by atomic mass is 9.74. The first-order valence-corrected chi connectivity index (χ1v) is 10.1. The molecule has 0 spiro atoms. The minimum absolute atomic E-state index is 0.0170. The molecule has 1 fully saturated rings. The third-order valence-electron chi connectivity index (χ3n) is 5.75. The van der Waals surface area contributed by atoms with Crippen LogP contribution in [0.5, 0.6) is 5.75 Å². The molecule has 0 aliphatic carbocycles. The number of nitrogens with one attached hydrogen (secondary N) is 1. The molecule has 4 heteroatoms. The van der Waals surface area contributed by atoms with Crippen molar-refractivity contribution in [2.45, 2.75) is 24.9 Å². The van der Waals surface area contributed by atoms with Crippen LogP contribution in [0.3, 0.4) is 0 Å². The maximum Gasteiger partial charge on any atom is 0.123 e. The zero-order chi connectivity index (χ0) is 20.1. The smallest absolute Gasteiger partial charge is 0.123 e. The van der Waals surface area contributed by atoms with Crippen LogP contribution in [0.1, 0.15) is 24.0 Å². The summed E-state index contributed by atoms with van der Waals surface area (Å²) in [6.45, 7) is 3.03. The molecule has 2 N–H and O–H groups in total. The topological polar surface area (TPSA) is 41.5 Å². The molecule has 1 heterocycles. The maximum absolute atomic E-state index is 13.2. The SMILES string of the molecule is Oc1cc(COCC2(c3ccccc3)CCNCC2)cc(-c2ccc(F)cc2)c1. The van der Waals surface area contributed by atoms with Gasteiger partial charge in [0.05, 0.1) is 13.2 Å². The Morgan fingerprint density at radius 1 is 0.897 bits per heavy atom. The molecule has 0 saturated carbocycles. The number of aromatic hydroxyl groups is 1. The van der Waals surface area contributed by atoms with E-state index >= 15 is 0 Å². The lowest BCUT2D eigenvalue weighted by Gasteiger charge is -2.38. The van der Waals surface area contributed by atoms with E-state index in [1.807, 2.05) is 12.1 Å². The second kappa shape index (κ2) is 8.76. The summed E-state index contributed by atoms with van der Waals surface area (Å²) < 4.78 is 19.4. The van der Waals surface area contributed by atoms with Gasteiger partial charge in [0.25, 0.3) is 0 Å². The Labute approximate surface area is 171 Å². The van der Waals surface area contributed by atoms with Crippen LogP contribution in [0.15, 0.2) is 72.8 Å². The minimum Gasteiger partial charge on any atom is -0.508 e. The first-order chi connectivity index (χ1) is 14.1. The standard InChI is InChI=1S/C25H26FNO2/c26-23-8-6-20(7-9-23)21-14-19(15-24(28)16-21)17-29-18-25(10-12-27-13-11-25)22-4-2-1-3-5-22/h1-9,14-16,27-28H,10-13,17-18H2. The van der Waals surface area contributed by atoms with Crippen molar-refractivity contribution in [1.82, 2.24) is 5.32 Å². The van der Waals surface area contributed by atoms with Crippen LogP contribution in [0, 0.1) is 5.82 Å². The minimum atomic E-state index is -0.273. The summed E-state index contributed by atoms with van der Waals surface area (Å²) in [6.07, 6.45) is 2.08. The fraction of sp³-hybridized carbons (Fsp3) is 0.280. The molecule has 29 heavy (non-hydrogen) atoms. The second-order valence-corrected chi connectivity index (χ2v) is 7.78. The van der Waals surface area contributed by atoms with E-state index in [0.29, 0.717) is 13.2 Å². The second-order valence-electron chi connectivity index (χ2n) is 7.78. The molecule has 3 nitrogen and oxygen atoms in total. The number of rotatable bonds is 6. The van der Waals surface area contributed by atoms with Crippen molar-refractivity contribution in [3.05, 3.63) is 89.7 Å². The summed E-state index contributed by atoms with van der Waals surface area (Å²) in [4.78, 5) is 0. The molecule has 0 aromatic heterocycles. The molecular weight excluding hydrogens is 365 g/mol. The fourth-order valence-electron chi connectivity index (χ4n) is 4.14. The van der Waals surface area contributed by atoms with Gasteiger partial charge in [-0.2, -0.15) is 0 Å². The van der Waals surface area contributed by atoms with E-state index in [-0.39, 0.29) is 17.0 Å². The molecule has 0 unspecified atom stereocenters. The van der Waals surface area contributed by atoms with Crippen molar-refractivity contribution in [3.8, 4) is 16.9 Å². The van der Waals surface area contributed by atoms with Crippen molar-refractivity contribution in [1.29, 1.82) is 0 Å². The average molecular weight is 391 g/mol. The molecule has 150 valence electrons. The molecule has 0 atom stereocenters. The van der Waals surface area contributed by atoms with Crippen LogP contribution in [0.2, 0.25) is 0 Å². The summed E-state index contributed by atoms with van der Waals surface area (Å²) in [5, 5.41) is 13.6. The highest BCUT2D eigenvalue weighted by molar-refractivity contribution is 5.66. The van der Waals surface area contributed by atoms with Gasteiger partial charge in [-0.3, -0.25) is 0 Å². The number of hydrogen-bond acceptors (Lipinski definition) is 3. The highest BCUT2D eigenvalue weighted by Crippen LogP contribution is 2.34. The molecule has 1 aliphatic heterocycles. The van der Waals surface area contributed by atoms with Crippen LogP contribution in [-0.4, -0.2) is 24.8 Å². The Kier molecular flexibility index (Phi) is 5.93. The lowest BCUT2D eigenvalue weighted by molar-refractivity contribution is 0.0564. The van der Waals surface area contributed by atoms with E-state index in [1.165, 1.54) is 17.7 Å². The molecule has 1 saturated heterocycles. The number of hydrogen-bond donors (Lipinski definition) is 2. The first kappa shape index (κ1) is 19.6. The van der Waals surface area contributed by atoms with Crippen molar-refractivity contribution in [2.75, 3.05) is 19.7 Å². The van der Waals surface area contributed by atoms with Crippen molar-refractivity contribution in [2.24, 2.45) is 0 Å². The predicted molar refractivity (Wildman–Crippen MR) is 113 cm³/mol. The summed E-state index contributed by atoms with van der Waals surface area (Å²) in [5.74, 6) is -0.0873. The van der Waals surface area contributed by atoms with Crippen LogP contribution in [-0.2, 0) is 16.8 Å². The van der Waals surface area contributed by atoms with Crippen LogP contribution >= 0.6 is 0 Å². The van der Waals surface area contributed by atoms with E-state index in [9.17, 15) is 9.50 Å². The van der Waals surface area contributed by atoms with Gasteiger partial charge in [0, 0.05) is 5.41 Å². The lowest BCUT2D eigenvalue weighted by Crippen LogP contribution is -2.43. The van der Waals surface area contributed by atoms with Gasteiger partial charge in [0.1, 0.15) is 11.6 Å². The Hall–Kier alpha value is -2.69. The summed E-state index contributed by atoms with van der Waals surface area (Å²) in [6, 6.07) is 22.3. The Balaban J connectivity index is 1.49. The fourth-order valence-corrected chi connectivity index (χ4v) is 4.14. The van der Waals surface area contributed by atoms with E-state index in [1.54, 1.807) is 24.3 Å². The maximum atomic E-state index is 13.2. The molecular formula is C25H26FNO2. The number of phenolic OH excluding ortho intramolecular Hbond substituents is 1. The first-order valence-electron chi connectivity index (χ1n) is 10.1. The highest BCUT2D eigenvalue weighted by Gasteiger charge is 2.34. The number of piperidine rings is 1. The summed E-state index contributed by atoms with van der Waals surface area (Å²) in [5.41, 5.74) is 3.96. The van der Waals surface area contributed by atoms with Crippen molar-refractivity contribution >= 4 is 0 Å². The van der Waals surface area contributed by atoms with Gasteiger partial charge in [-0.1, -0.05) is 42.5 Å². The third kappa shape index (κ3) is 4.66. The third-order valence-corrected chi connectivity index (χ3v) is 5.75. The van der Waals surface area contributed by atoms with Crippen LogP contribution in [0.25, 0.3) is 11.1 Å².